The number of nitrogens with one attached hydrogen (secondary N) is 1. The fraction of sp³-hybridized carbons (Fsp3) is 0.286. The standard InChI is InChI=1S/C21H21IN6O4/c1-24-16-5-3-10-2-4-11(6-13(10)27-16)31-8-15-18(29)19(30)20(32-15)14-7-12(22)17-21(23)25-9-26-28(14)17/h2-7,9,15,18-20,29-30H,8H2,1H3,(H,24,27)(H2,23,25,26)/t15-,18-,19-,20+/m1/s1. The first-order chi connectivity index (χ1) is 15.5. The summed E-state index contributed by atoms with van der Waals surface area (Å²) in [5.41, 5.74) is 7.98. The van der Waals surface area contributed by atoms with E-state index in [1.54, 1.807) is 4.52 Å². The molecular weight excluding hydrogens is 527 g/mol. The molecule has 5 N–H and O–H groups in total. The summed E-state index contributed by atoms with van der Waals surface area (Å²) in [5.74, 6) is 1.68. The van der Waals surface area contributed by atoms with Crippen molar-refractivity contribution >= 4 is 50.6 Å². The smallest absolute Gasteiger partial charge is 0.152 e. The Morgan fingerprint density at radius 3 is 2.84 bits per heavy atom. The number of nitrogens with two attached hydrogens (primary N) is 1. The number of fused-ring (bicyclic) bond motifs is 2. The van der Waals surface area contributed by atoms with Gasteiger partial charge in [0.05, 0.1) is 11.2 Å². The van der Waals surface area contributed by atoms with Crippen molar-refractivity contribution in [3.63, 3.8) is 0 Å². The fourth-order valence-electron chi connectivity index (χ4n) is 3.88. The minimum absolute atomic E-state index is 0.0590. The van der Waals surface area contributed by atoms with Crippen molar-refractivity contribution in [2.24, 2.45) is 0 Å². The number of halogens is 1. The number of anilines is 2. The predicted molar refractivity (Wildman–Crippen MR) is 127 cm³/mol. The molecule has 1 aliphatic heterocycles. The van der Waals surface area contributed by atoms with Gasteiger partial charge in [-0.1, -0.05) is 0 Å². The Morgan fingerprint density at radius 1 is 1.22 bits per heavy atom. The van der Waals surface area contributed by atoms with E-state index in [9.17, 15) is 10.2 Å². The first-order valence-electron chi connectivity index (χ1n) is 9.97. The Balaban J connectivity index is 1.35. The molecule has 0 bridgehead atoms. The molecular formula is C21H21IN6O4. The van der Waals surface area contributed by atoms with Gasteiger partial charge in [0.15, 0.2) is 5.82 Å². The van der Waals surface area contributed by atoms with E-state index in [1.165, 1.54) is 6.33 Å². The Morgan fingerprint density at radius 2 is 2.03 bits per heavy atom. The van der Waals surface area contributed by atoms with E-state index in [1.807, 2.05) is 43.4 Å². The van der Waals surface area contributed by atoms with Crippen LogP contribution in [0, 0.1) is 3.57 Å². The SMILES string of the molecule is CNc1ccc2ccc(OC[C@H]3O[C@@H](c4cc(I)c5c(N)ncnn45)[C@H](O)[C@@H]3O)cc2n1. The van der Waals surface area contributed by atoms with E-state index in [2.05, 4.69) is 43.0 Å². The van der Waals surface area contributed by atoms with Crippen LogP contribution in [0.15, 0.2) is 42.7 Å². The highest BCUT2D eigenvalue weighted by atomic mass is 127. The zero-order chi connectivity index (χ0) is 22.4. The zero-order valence-corrected chi connectivity index (χ0v) is 19.2. The first-order valence-corrected chi connectivity index (χ1v) is 11.0. The van der Waals surface area contributed by atoms with Crippen LogP contribution < -0.4 is 15.8 Å². The van der Waals surface area contributed by atoms with Gasteiger partial charge in [-0.2, -0.15) is 5.10 Å². The van der Waals surface area contributed by atoms with Crippen molar-refractivity contribution in [3.8, 4) is 5.75 Å². The van der Waals surface area contributed by atoms with Gasteiger partial charge in [0.2, 0.25) is 0 Å². The van der Waals surface area contributed by atoms with Gasteiger partial charge in [-0.25, -0.2) is 14.5 Å². The maximum absolute atomic E-state index is 10.7. The second-order valence-corrected chi connectivity index (χ2v) is 8.67. The van der Waals surface area contributed by atoms with E-state index in [-0.39, 0.29) is 6.61 Å². The van der Waals surface area contributed by atoms with Crippen molar-refractivity contribution in [1.82, 2.24) is 19.6 Å². The normalized spacial score (nSPS) is 23.1. The van der Waals surface area contributed by atoms with Gasteiger partial charge in [0.1, 0.15) is 54.4 Å². The number of aliphatic hydroxyl groups excluding tert-OH is 2. The Kier molecular flexibility index (Phi) is 5.49. The molecule has 32 heavy (non-hydrogen) atoms. The van der Waals surface area contributed by atoms with E-state index >= 15 is 0 Å². The monoisotopic (exact) mass is 548 g/mol. The summed E-state index contributed by atoms with van der Waals surface area (Å²) in [4.78, 5) is 8.53. The second-order valence-electron chi connectivity index (χ2n) is 7.51. The molecule has 0 spiro atoms. The third kappa shape index (κ3) is 3.60. The van der Waals surface area contributed by atoms with Crippen LogP contribution in [0.5, 0.6) is 5.75 Å². The minimum Gasteiger partial charge on any atom is -0.491 e. The van der Waals surface area contributed by atoms with Gasteiger partial charge in [0.25, 0.3) is 0 Å². The van der Waals surface area contributed by atoms with E-state index < -0.39 is 24.4 Å². The van der Waals surface area contributed by atoms with Gasteiger partial charge in [0, 0.05) is 22.1 Å². The molecule has 1 saturated heterocycles. The number of nitrogens with zero attached hydrogens (tertiary/aromatic N) is 4. The molecule has 0 radical (unpaired) electrons. The lowest BCUT2D eigenvalue weighted by molar-refractivity contribution is -0.0187. The van der Waals surface area contributed by atoms with Gasteiger partial charge < -0.3 is 30.7 Å². The third-order valence-corrected chi connectivity index (χ3v) is 6.37. The van der Waals surface area contributed by atoms with Gasteiger partial charge in [-0.3, -0.25) is 0 Å². The van der Waals surface area contributed by atoms with Gasteiger partial charge >= 0.3 is 0 Å². The number of ether oxygens (including phenoxy) is 2. The molecule has 0 unspecified atom stereocenters. The summed E-state index contributed by atoms with van der Waals surface area (Å²) in [7, 11) is 1.81. The topological polar surface area (TPSA) is 140 Å². The average molecular weight is 548 g/mol. The predicted octanol–water partition coefficient (Wildman–Crippen LogP) is 1.75. The zero-order valence-electron chi connectivity index (χ0n) is 17.0. The van der Waals surface area contributed by atoms with Crippen LogP contribution in [0.4, 0.5) is 11.6 Å². The highest BCUT2D eigenvalue weighted by molar-refractivity contribution is 14.1. The fourth-order valence-corrected chi connectivity index (χ4v) is 4.71. The molecule has 0 aliphatic carbocycles. The van der Waals surface area contributed by atoms with Crippen molar-refractivity contribution in [2.45, 2.75) is 24.4 Å². The molecule has 166 valence electrons. The number of benzene rings is 1. The molecule has 0 saturated carbocycles. The maximum atomic E-state index is 10.7. The maximum Gasteiger partial charge on any atom is 0.152 e. The third-order valence-electron chi connectivity index (χ3n) is 5.55. The number of pyridine rings is 1. The highest BCUT2D eigenvalue weighted by Gasteiger charge is 2.45. The lowest BCUT2D eigenvalue weighted by Gasteiger charge is -2.16. The second kappa shape index (κ2) is 8.31. The molecule has 4 aromatic rings. The quantitative estimate of drug-likeness (QED) is 0.275. The van der Waals surface area contributed by atoms with Gasteiger partial charge in [-0.05, 0) is 52.9 Å². The number of aliphatic hydroxyl groups is 2. The van der Waals surface area contributed by atoms with Crippen molar-refractivity contribution in [1.29, 1.82) is 0 Å². The molecule has 3 aromatic heterocycles. The van der Waals surface area contributed by atoms with Crippen molar-refractivity contribution in [3.05, 3.63) is 52.0 Å². The first kappa shape index (κ1) is 21.1. The van der Waals surface area contributed by atoms with Crippen LogP contribution >= 0.6 is 22.6 Å². The van der Waals surface area contributed by atoms with Crippen molar-refractivity contribution < 1.29 is 19.7 Å². The number of nitrogen functional groups attached to an aromatic ring is 1. The number of rotatable bonds is 5. The molecule has 11 heteroatoms. The van der Waals surface area contributed by atoms with Crippen LogP contribution in [0.2, 0.25) is 0 Å². The Labute approximate surface area is 196 Å². The largest absolute Gasteiger partial charge is 0.491 e. The molecule has 4 atom stereocenters. The molecule has 4 heterocycles. The summed E-state index contributed by atoms with van der Waals surface area (Å²) in [5, 5.41) is 29.5. The van der Waals surface area contributed by atoms with Crippen LogP contribution in [-0.2, 0) is 4.74 Å². The van der Waals surface area contributed by atoms with Gasteiger partial charge in [-0.15, -0.1) is 0 Å². The van der Waals surface area contributed by atoms with Crippen LogP contribution in [0.25, 0.3) is 16.4 Å². The Hall–Kier alpha value is -2.74. The summed E-state index contributed by atoms with van der Waals surface area (Å²) >= 11 is 2.13. The molecule has 1 fully saturated rings. The van der Waals surface area contributed by atoms with Crippen LogP contribution in [0.1, 0.15) is 11.8 Å². The summed E-state index contributed by atoms with van der Waals surface area (Å²) < 4.78 is 14.3. The molecule has 0 amide bonds. The summed E-state index contributed by atoms with van der Waals surface area (Å²) in [6.07, 6.45) is -2.46. The van der Waals surface area contributed by atoms with E-state index in [4.69, 9.17) is 15.2 Å². The van der Waals surface area contributed by atoms with Crippen molar-refractivity contribution in [2.75, 3.05) is 24.7 Å². The summed E-state index contributed by atoms with van der Waals surface area (Å²) in [6, 6.07) is 11.3. The van der Waals surface area contributed by atoms with Crippen LogP contribution in [-0.4, -0.2) is 61.8 Å². The lowest BCUT2D eigenvalue weighted by atomic mass is 10.1. The molecule has 10 nitrogen and oxygen atoms in total. The van der Waals surface area contributed by atoms with Crippen LogP contribution in [0.3, 0.4) is 0 Å². The average Bonchev–Trinajstić information content (AvgIpc) is 3.28. The molecule has 5 rings (SSSR count). The summed E-state index contributed by atoms with van der Waals surface area (Å²) in [6.45, 7) is 0.0590. The minimum atomic E-state index is -1.15. The lowest BCUT2D eigenvalue weighted by Crippen LogP contribution is -2.34. The highest BCUT2D eigenvalue weighted by Crippen LogP contribution is 2.36. The molecule has 1 aliphatic rings. The number of hydrogen-bond donors (Lipinski definition) is 4. The van der Waals surface area contributed by atoms with E-state index in [0.29, 0.717) is 22.8 Å². The van der Waals surface area contributed by atoms with E-state index in [0.717, 1.165) is 20.3 Å². The number of hydrogen-bond acceptors (Lipinski definition) is 9. The Bertz CT molecular complexity index is 1300. The molecule has 1 aromatic carbocycles. The number of aromatic nitrogens is 4.